The second kappa shape index (κ2) is 8.26. The van der Waals surface area contributed by atoms with Crippen molar-refractivity contribution in [2.75, 3.05) is 11.4 Å². The number of halogens is 1. The van der Waals surface area contributed by atoms with E-state index in [1.165, 1.54) is 11.0 Å². The number of hydrogen-bond donors (Lipinski definition) is 1. The lowest BCUT2D eigenvalue weighted by Gasteiger charge is -2.17. The van der Waals surface area contributed by atoms with Gasteiger partial charge in [-0.2, -0.15) is 5.10 Å². The number of carbonyl (C=O) groups excluding carboxylic acids is 2. The van der Waals surface area contributed by atoms with Crippen molar-refractivity contribution < 1.29 is 14.0 Å². The van der Waals surface area contributed by atoms with Crippen LogP contribution in [0.5, 0.6) is 0 Å². The van der Waals surface area contributed by atoms with Crippen LogP contribution in [0.25, 0.3) is 0 Å². The first-order chi connectivity index (χ1) is 14.1. The zero-order valence-electron chi connectivity index (χ0n) is 15.8. The van der Waals surface area contributed by atoms with E-state index in [-0.39, 0.29) is 30.5 Å². The molecule has 1 saturated heterocycles. The Morgan fingerprint density at radius 2 is 1.86 bits per heavy atom. The Bertz CT molecular complexity index is 1000. The molecule has 1 fully saturated rings. The Labute approximate surface area is 167 Å². The van der Waals surface area contributed by atoms with Crippen LogP contribution < -0.4 is 10.2 Å². The third-order valence-corrected chi connectivity index (χ3v) is 5.03. The fourth-order valence-corrected chi connectivity index (χ4v) is 3.46. The van der Waals surface area contributed by atoms with Gasteiger partial charge >= 0.3 is 0 Å². The normalized spacial score (nSPS) is 16.2. The van der Waals surface area contributed by atoms with Crippen molar-refractivity contribution in [1.29, 1.82) is 0 Å². The van der Waals surface area contributed by atoms with Gasteiger partial charge in [-0.15, -0.1) is 0 Å². The SMILES string of the molecule is O=C(NCc1ccc(Cn2cccn2)cc1)[C@@H]1CC(=O)N(c2ccccc2F)C1. The van der Waals surface area contributed by atoms with Crippen molar-refractivity contribution >= 4 is 17.5 Å². The van der Waals surface area contributed by atoms with E-state index in [1.54, 1.807) is 24.4 Å². The molecule has 3 aromatic rings. The third-order valence-electron chi connectivity index (χ3n) is 5.03. The van der Waals surface area contributed by atoms with Crippen molar-refractivity contribution in [2.24, 2.45) is 5.92 Å². The molecule has 1 N–H and O–H groups in total. The highest BCUT2D eigenvalue weighted by molar-refractivity contribution is 6.00. The van der Waals surface area contributed by atoms with E-state index in [0.717, 1.165) is 11.1 Å². The number of hydrogen-bond acceptors (Lipinski definition) is 3. The van der Waals surface area contributed by atoms with E-state index in [1.807, 2.05) is 41.2 Å². The lowest BCUT2D eigenvalue weighted by atomic mass is 10.1. The number of para-hydroxylation sites is 1. The molecular formula is C22H21FN4O2. The first kappa shape index (κ1) is 18.9. The summed E-state index contributed by atoms with van der Waals surface area (Å²) in [5, 5.41) is 7.07. The Morgan fingerprint density at radius 3 is 2.59 bits per heavy atom. The summed E-state index contributed by atoms with van der Waals surface area (Å²) in [6, 6.07) is 15.9. The van der Waals surface area contributed by atoms with Crippen molar-refractivity contribution in [3.8, 4) is 0 Å². The Hall–Kier alpha value is -3.48. The molecule has 1 aliphatic heterocycles. The van der Waals surface area contributed by atoms with Gasteiger partial charge in [0.15, 0.2) is 0 Å². The first-order valence-corrected chi connectivity index (χ1v) is 9.48. The largest absolute Gasteiger partial charge is 0.352 e. The minimum Gasteiger partial charge on any atom is -0.352 e. The molecule has 0 saturated carbocycles. The van der Waals surface area contributed by atoms with Gasteiger partial charge in [0.1, 0.15) is 5.82 Å². The Morgan fingerprint density at radius 1 is 1.10 bits per heavy atom. The summed E-state index contributed by atoms with van der Waals surface area (Å²) in [7, 11) is 0. The van der Waals surface area contributed by atoms with E-state index < -0.39 is 11.7 Å². The number of anilines is 1. The molecule has 6 nitrogen and oxygen atoms in total. The van der Waals surface area contributed by atoms with Crippen LogP contribution in [0.3, 0.4) is 0 Å². The molecule has 2 heterocycles. The Kier molecular flexibility index (Phi) is 5.37. The molecule has 0 bridgehead atoms. The number of benzene rings is 2. The van der Waals surface area contributed by atoms with Crippen molar-refractivity contribution in [1.82, 2.24) is 15.1 Å². The maximum absolute atomic E-state index is 14.0. The van der Waals surface area contributed by atoms with Gasteiger partial charge < -0.3 is 10.2 Å². The van der Waals surface area contributed by atoms with Crippen LogP contribution in [0.15, 0.2) is 67.0 Å². The van der Waals surface area contributed by atoms with Crippen LogP contribution in [-0.4, -0.2) is 28.1 Å². The smallest absolute Gasteiger partial charge is 0.227 e. The average molecular weight is 392 g/mol. The summed E-state index contributed by atoms with van der Waals surface area (Å²) in [5.41, 5.74) is 2.31. The van der Waals surface area contributed by atoms with E-state index in [0.29, 0.717) is 13.1 Å². The number of nitrogens with one attached hydrogen (secondary N) is 1. The average Bonchev–Trinajstić information content (AvgIpc) is 3.37. The number of rotatable bonds is 6. The molecule has 7 heteroatoms. The van der Waals surface area contributed by atoms with Crippen LogP contribution >= 0.6 is 0 Å². The summed E-state index contributed by atoms with van der Waals surface area (Å²) in [5.74, 6) is -1.38. The molecule has 1 atom stereocenters. The number of nitrogens with zero attached hydrogens (tertiary/aromatic N) is 3. The molecule has 1 aliphatic rings. The first-order valence-electron chi connectivity index (χ1n) is 9.48. The minimum atomic E-state index is -0.485. The fraction of sp³-hybridized carbons (Fsp3) is 0.227. The zero-order chi connectivity index (χ0) is 20.2. The van der Waals surface area contributed by atoms with Gasteiger partial charge in [0, 0.05) is 31.9 Å². The fourth-order valence-electron chi connectivity index (χ4n) is 3.46. The summed E-state index contributed by atoms with van der Waals surface area (Å²) in [6.07, 6.45) is 3.73. The molecule has 0 unspecified atom stereocenters. The lowest BCUT2D eigenvalue weighted by Crippen LogP contribution is -2.32. The molecule has 2 amide bonds. The predicted molar refractivity (Wildman–Crippen MR) is 106 cm³/mol. The molecule has 0 aliphatic carbocycles. The molecular weight excluding hydrogens is 371 g/mol. The molecule has 0 spiro atoms. The predicted octanol–water partition coefficient (Wildman–Crippen LogP) is 2.74. The van der Waals surface area contributed by atoms with Gasteiger partial charge in [-0.25, -0.2) is 4.39 Å². The Balaban J connectivity index is 1.32. The number of amides is 2. The maximum atomic E-state index is 14.0. The van der Waals surface area contributed by atoms with Crippen molar-refractivity contribution in [3.05, 3.63) is 83.9 Å². The molecule has 1 aromatic heterocycles. The van der Waals surface area contributed by atoms with E-state index >= 15 is 0 Å². The highest BCUT2D eigenvalue weighted by atomic mass is 19.1. The highest BCUT2D eigenvalue weighted by Gasteiger charge is 2.35. The lowest BCUT2D eigenvalue weighted by molar-refractivity contribution is -0.126. The van der Waals surface area contributed by atoms with Crippen molar-refractivity contribution in [2.45, 2.75) is 19.5 Å². The van der Waals surface area contributed by atoms with Crippen LogP contribution in [0.4, 0.5) is 10.1 Å². The van der Waals surface area contributed by atoms with Gasteiger partial charge in [0.05, 0.1) is 18.2 Å². The molecule has 29 heavy (non-hydrogen) atoms. The second-order valence-electron chi connectivity index (χ2n) is 7.09. The molecule has 4 rings (SSSR count). The van der Waals surface area contributed by atoms with Crippen LogP contribution in [0, 0.1) is 11.7 Å². The van der Waals surface area contributed by atoms with E-state index in [2.05, 4.69) is 10.4 Å². The summed E-state index contributed by atoms with van der Waals surface area (Å²) >= 11 is 0. The van der Waals surface area contributed by atoms with Crippen LogP contribution in [0.2, 0.25) is 0 Å². The van der Waals surface area contributed by atoms with Gasteiger partial charge in [-0.05, 0) is 29.3 Å². The monoisotopic (exact) mass is 392 g/mol. The minimum absolute atomic E-state index is 0.0863. The summed E-state index contributed by atoms with van der Waals surface area (Å²) in [6.45, 7) is 1.26. The van der Waals surface area contributed by atoms with Crippen molar-refractivity contribution in [3.63, 3.8) is 0 Å². The maximum Gasteiger partial charge on any atom is 0.227 e. The zero-order valence-corrected chi connectivity index (χ0v) is 15.8. The summed E-state index contributed by atoms with van der Waals surface area (Å²) in [4.78, 5) is 26.1. The van der Waals surface area contributed by atoms with E-state index in [4.69, 9.17) is 0 Å². The quantitative estimate of drug-likeness (QED) is 0.701. The number of aromatic nitrogens is 2. The topological polar surface area (TPSA) is 67.2 Å². The van der Waals surface area contributed by atoms with Crippen LogP contribution in [0.1, 0.15) is 17.5 Å². The standard InChI is InChI=1S/C22H21FN4O2/c23-19-4-1-2-5-20(19)27-15-18(12-21(27)28)22(29)24-13-16-6-8-17(9-7-16)14-26-11-3-10-25-26/h1-11,18H,12-15H2,(H,24,29)/t18-/m1/s1. The second-order valence-corrected chi connectivity index (χ2v) is 7.09. The van der Waals surface area contributed by atoms with Gasteiger partial charge in [0.25, 0.3) is 0 Å². The van der Waals surface area contributed by atoms with E-state index in [9.17, 15) is 14.0 Å². The van der Waals surface area contributed by atoms with Gasteiger partial charge in [-0.3, -0.25) is 14.3 Å². The van der Waals surface area contributed by atoms with Crippen LogP contribution in [-0.2, 0) is 22.7 Å². The highest BCUT2D eigenvalue weighted by Crippen LogP contribution is 2.27. The molecule has 2 aromatic carbocycles. The molecule has 148 valence electrons. The third kappa shape index (κ3) is 4.34. The van der Waals surface area contributed by atoms with Gasteiger partial charge in [-0.1, -0.05) is 36.4 Å². The number of carbonyl (C=O) groups is 2. The molecule has 0 radical (unpaired) electrons. The van der Waals surface area contributed by atoms with Gasteiger partial charge in [0.2, 0.25) is 11.8 Å². The summed E-state index contributed by atoms with van der Waals surface area (Å²) < 4.78 is 15.8.